The van der Waals surface area contributed by atoms with Crippen LogP contribution in [0, 0.1) is 29.1 Å². The first-order valence-corrected chi connectivity index (χ1v) is 38.7. The fourth-order valence-corrected chi connectivity index (χ4v) is 18.2. The number of aryl methyl sites for hydroxylation is 1. The Bertz CT molecular complexity index is 4540. The molecule has 9 N–H and O–H groups in total. The zero-order valence-electron chi connectivity index (χ0n) is 60.7. The van der Waals surface area contributed by atoms with E-state index in [1.807, 2.05) is 54.1 Å². The molecule has 6 aromatic rings. The van der Waals surface area contributed by atoms with Gasteiger partial charge in [0, 0.05) is 98.0 Å². The van der Waals surface area contributed by atoms with Gasteiger partial charge in [0.2, 0.25) is 18.1 Å². The Morgan fingerprint density at radius 2 is 1.66 bits per heavy atom. The SMILES string of the molecule is Cc1c(-c2ccc(-c3ccc4c(c3)N(C(=O)Nc3nc5ccccc5s3)CCC4)nc2C(=O)O)cnn1CC12CC(OCCN(C)C(=O)OCc3ccc(O[C@@H]4O[C@H](C(=O)O)[C@@H](O)[C@H](O)[C@H]4O)cc3OCCOCCNC(=O)[C@H](CS(=O)(=O)O)NC(=O)CCCCCN3C(=O)C=CC3=O)C3CCC(C)(C1)CC3(C)C2. The number of anilines is 2. The summed E-state index contributed by atoms with van der Waals surface area (Å²) >= 11 is 1.40. The maximum Gasteiger partial charge on any atom is 0.409 e. The molecule has 0 radical (unpaired) electrons. The molecule has 32 nitrogen and oxygen atoms in total. The number of hydrogen-bond acceptors (Lipinski definition) is 23. The largest absolute Gasteiger partial charge is 0.491 e. The molecular formula is C75H90N10O22S2. The van der Waals surface area contributed by atoms with Gasteiger partial charge in [0.15, 0.2) is 16.9 Å². The van der Waals surface area contributed by atoms with Crippen LogP contribution in [0.1, 0.15) is 112 Å². The van der Waals surface area contributed by atoms with Crippen LogP contribution in [0.5, 0.6) is 11.5 Å². The molecule has 3 aromatic carbocycles. The summed E-state index contributed by atoms with van der Waals surface area (Å²) in [4.78, 5) is 116. The van der Waals surface area contributed by atoms with E-state index in [0.29, 0.717) is 59.0 Å². The Morgan fingerprint density at radius 3 is 2.42 bits per heavy atom. The number of aromatic carboxylic acids is 1. The summed E-state index contributed by atoms with van der Waals surface area (Å²) in [7, 11) is -3.17. The first-order valence-electron chi connectivity index (χ1n) is 36.3. The number of nitrogens with zero attached hydrogens (tertiary/aromatic N) is 7. The number of thiazole rings is 1. The van der Waals surface area contributed by atoms with Gasteiger partial charge in [-0.3, -0.25) is 43.5 Å². The molecule has 4 fully saturated rings. The number of hydrogen-bond donors (Lipinski definition) is 9. The summed E-state index contributed by atoms with van der Waals surface area (Å²) in [6, 6.07) is 19.2. The third-order valence-electron chi connectivity index (χ3n) is 21.4. The quantitative estimate of drug-likeness (QED) is 0.0123. The van der Waals surface area contributed by atoms with Crippen LogP contribution in [0.4, 0.5) is 20.4 Å². The van der Waals surface area contributed by atoms with Crippen molar-refractivity contribution < 1.29 is 105 Å². The predicted molar refractivity (Wildman–Crippen MR) is 393 cm³/mol. The summed E-state index contributed by atoms with van der Waals surface area (Å²) in [5.41, 5.74) is 5.36. The highest BCUT2D eigenvalue weighted by molar-refractivity contribution is 7.85. The number of pyridine rings is 1. The molecule has 6 aliphatic rings. The second-order valence-electron chi connectivity index (χ2n) is 29.7. The lowest BCUT2D eigenvalue weighted by Gasteiger charge is -2.66. The molecule has 584 valence electrons. The van der Waals surface area contributed by atoms with Gasteiger partial charge < -0.3 is 69.5 Å². The molecule has 5 unspecified atom stereocenters. The molecule has 3 bridgehead atoms. The summed E-state index contributed by atoms with van der Waals surface area (Å²) < 4.78 is 71.6. The number of carboxylic acid groups (broad SMARTS) is 2. The zero-order chi connectivity index (χ0) is 77.7. The molecule has 3 aromatic heterocycles. The Balaban J connectivity index is 0.654. The van der Waals surface area contributed by atoms with Gasteiger partial charge in [-0.2, -0.15) is 13.5 Å². The van der Waals surface area contributed by atoms with Crippen LogP contribution in [0.2, 0.25) is 0 Å². The van der Waals surface area contributed by atoms with E-state index in [0.717, 1.165) is 95.6 Å². The van der Waals surface area contributed by atoms with Crippen molar-refractivity contribution in [3.05, 3.63) is 114 Å². The smallest absolute Gasteiger partial charge is 0.409 e. The first kappa shape index (κ1) is 79.0. The number of urea groups is 1. The van der Waals surface area contributed by atoms with E-state index in [1.165, 1.54) is 34.4 Å². The molecular weight excluding hydrogens is 1460 g/mol. The van der Waals surface area contributed by atoms with E-state index in [2.05, 4.69) is 34.8 Å². The standard InChI is InChI=1S/C75H90N10O22S2/c1-43-49(48-19-20-51(79-61(48)67(93)94)45-16-15-44-11-10-27-83(54(44)33-45)71(97)81-70-80-52-12-7-8-13-57(52)108-70)36-77-85(43)42-75-35-56(50-23-24-73(2,40-75)39-74(50,3)41-75)103-30-28-82(4)72(98)105-37-46-17-18-47(106-69-64(91)62(89)63(90)65(107-69)68(95)96)34-55(46)104-32-31-102-29-25-76-66(92)53(38-109(99,100)101)78-58(86)14-6-5-9-26-84-59(87)21-22-60(84)88/h7-8,12-13,15-22,33-34,36,50,53,56,62-65,69,89-91H,5-6,9-11,14,23-32,35,37-42H2,1-4H3,(H,76,92)(H,78,86)(H,93,94)(H,95,96)(H,80,81,97)(H,99,100,101)/t50?,53-,56?,62-,63-,64+,65-,69+,73?,74?,75?/m0/s1. The van der Waals surface area contributed by atoms with Gasteiger partial charge >= 0.3 is 24.1 Å². The number of amides is 7. The number of aliphatic hydroxyl groups is 3. The van der Waals surface area contributed by atoms with Crippen molar-refractivity contribution in [1.29, 1.82) is 0 Å². The molecule has 109 heavy (non-hydrogen) atoms. The summed E-state index contributed by atoms with van der Waals surface area (Å²) in [6.45, 7) is 7.19. The van der Waals surface area contributed by atoms with Crippen molar-refractivity contribution in [2.24, 2.45) is 22.2 Å². The van der Waals surface area contributed by atoms with Gasteiger partial charge in [-0.25, -0.2) is 29.1 Å². The van der Waals surface area contributed by atoms with E-state index in [-0.39, 0.29) is 117 Å². The third kappa shape index (κ3) is 18.5. The second kappa shape index (κ2) is 33.4. The fraction of sp³-hybridized carbons (Fsp3) is 0.507. The highest BCUT2D eigenvalue weighted by Gasteiger charge is 2.62. The highest BCUT2D eigenvalue weighted by Crippen LogP contribution is 2.69. The zero-order valence-corrected chi connectivity index (χ0v) is 62.3. The summed E-state index contributed by atoms with van der Waals surface area (Å²) in [5.74, 6) is -6.21. The first-order chi connectivity index (χ1) is 51.9. The fourth-order valence-electron chi connectivity index (χ4n) is 16.7. The molecule has 1 saturated heterocycles. The van der Waals surface area contributed by atoms with Gasteiger partial charge in [0.1, 0.15) is 54.8 Å². The van der Waals surface area contributed by atoms with Crippen molar-refractivity contribution >= 4 is 90.2 Å². The summed E-state index contributed by atoms with van der Waals surface area (Å²) in [5, 5.41) is 65.1. The Labute approximate surface area is 631 Å². The normalized spacial score (nSPS) is 24.5. The average molecular weight is 1550 g/mol. The number of aliphatic carboxylic acids is 1. The number of ether oxygens (including phenoxy) is 6. The predicted octanol–water partition coefficient (Wildman–Crippen LogP) is 6.50. The Morgan fingerprint density at radius 1 is 0.872 bits per heavy atom. The van der Waals surface area contributed by atoms with Gasteiger partial charge in [0.05, 0.1) is 48.0 Å². The van der Waals surface area contributed by atoms with Crippen LogP contribution in [0.3, 0.4) is 0 Å². The lowest BCUT2D eigenvalue weighted by Crippen LogP contribution is -2.61. The van der Waals surface area contributed by atoms with Gasteiger partial charge in [0.25, 0.3) is 21.9 Å². The van der Waals surface area contributed by atoms with Crippen LogP contribution in [-0.2, 0) is 72.6 Å². The minimum absolute atomic E-state index is 0.0553. The van der Waals surface area contributed by atoms with Crippen molar-refractivity contribution in [3.8, 4) is 33.9 Å². The maximum absolute atomic E-state index is 13.8. The molecule has 12 rings (SSSR count). The number of aliphatic hydroxyl groups excluding tert-OH is 3. The third-order valence-corrected chi connectivity index (χ3v) is 23.2. The number of fused-ring (bicyclic) bond motifs is 4. The molecule has 7 amide bonds. The number of imide groups is 1. The number of carbonyl (C=O) groups excluding carboxylic acids is 6. The number of aromatic nitrogens is 4. The lowest BCUT2D eigenvalue weighted by atomic mass is 9.41. The van der Waals surface area contributed by atoms with Crippen LogP contribution in [0.15, 0.2) is 91.1 Å². The molecule has 3 saturated carbocycles. The molecule has 0 spiro atoms. The van der Waals surface area contributed by atoms with Crippen LogP contribution >= 0.6 is 11.3 Å². The number of nitrogens with one attached hydrogen (secondary N) is 3. The molecule has 6 heterocycles. The monoisotopic (exact) mass is 1550 g/mol. The minimum Gasteiger partial charge on any atom is -0.491 e. The van der Waals surface area contributed by atoms with E-state index in [4.69, 9.17) is 38.5 Å². The van der Waals surface area contributed by atoms with Crippen LogP contribution in [0.25, 0.3) is 32.6 Å². The second-order valence-corrected chi connectivity index (χ2v) is 32.2. The lowest BCUT2D eigenvalue weighted by molar-refractivity contribution is -0.271. The van der Waals surface area contributed by atoms with Crippen molar-refractivity contribution in [1.82, 2.24) is 40.2 Å². The Kier molecular flexibility index (Phi) is 24.2. The number of unbranched alkanes of at least 4 members (excludes halogenated alkanes) is 2. The van der Waals surface area contributed by atoms with Gasteiger partial charge in [-0.1, -0.05) is 55.9 Å². The van der Waals surface area contributed by atoms with E-state index < -0.39 is 94.3 Å². The number of benzene rings is 3. The van der Waals surface area contributed by atoms with Crippen molar-refractivity contribution in [2.75, 3.05) is 75.6 Å². The minimum atomic E-state index is -4.75. The van der Waals surface area contributed by atoms with Crippen LogP contribution in [-0.4, -0.2) is 224 Å². The molecule has 3 aliphatic carbocycles. The number of likely N-dealkylation sites (N-methyl/N-ethyl adjacent to an activating group) is 1. The highest BCUT2D eigenvalue weighted by atomic mass is 32.2. The van der Waals surface area contributed by atoms with Gasteiger partial charge in [-0.15, -0.1) is 0 Å². The van der Waals surface area contributed by atoms with Crippen LogP contribution < -0.4 is 30.3 Å². The average Bonchev–Trinajstić information content (AvgIpc) is 0.832. The number of carboxylic acids is 2. The van der Waals surface area contributed by atoms with E-state index >= 15 is 0 Å². The summed E-state index contributed by atoms with van der Waals surface area (Å²) in [6.07, 6.45) is 1.70. The molecule has 11 atom stereocenters. The van der Waals surface area contributed by atoms with Crippen molar-refractivity contribution in [3.63, 3.8) is 0 Å². The topological polar surface area (TPSA) is 437 Å². The van der Waals surface area contributed by atoms with E-state index in [1.54, 1.807) is 30.3 Å². The van der Waals surface area contributed by atoms with Crippen molar-refractivity contribution in [2.45, 2.75) is 154 Å². The van der Waals surface area contributed by atoms with E-state index in [9.17, 15) is 76.9 Å². The molecule has 34 heteroatoms. The number of rotatable bonds is 32. The van der Waals surface area contributed by atoms with Gasteiger partial charge in [-0.05, 0) is 141 Å². The number of para-hydroxylation sites is 1. The maximum atomic E-state index is 13.8. The Hall–Kier alpha value is -9.52. The number of carbonyl (C=O) groups is 8. The molecule has 3 aliphatic heterocycles.